The van der Waals surface area contributed by atoms with Gasteiger partial charge >= 0.3 is 0 Å². The first-order chi connectivity index (χ1) is 5.65. The van der Waals surface area contributed by atoms with Crippen molar-refractivity contribution in [2.24, 2.45) is 0 Å². The molecule has 1 aromatic rings. The fourth-order valence-corrected chi connectivity index (χ4v) is 0.888. The topological polar surface area (TPSA) is 29.9 Å². The second kappa shape index (κ2) is 3.34. The van der Waals surface area contributed by atoms with Crippen molar-refractivity contribution in [3.63, 3.8) is 0 Å². The molecule has 64 valence electrons. The quantitative estimate of drug-likeness (QED) is 0.377. The average molecular weight is 168 g/mol. The van der Waals surface area contributed by atoms with Gasteiger partial charge in [-0.15, -0.1) is 0 Å². The van der Waals surface area contributed by atoms with E-state index in [1.807, 2.05) is 0 Å². The molecule has 0 aliphatic heterocycles. The third-order valence-corrected chi connectivity index (χ3v) is 1.51. The number of rotatable bonds is 2. The predicted octanol–water partition coefficient (Wildman–Crippen LogP) is 2.06. The molecule has 0 fully saturated rings. The molecule has 2 nitrogen and oxygen atoms in total. The van der Waals surface area contributed by atoms with Gasteiger partial charge in [-0.3, -0.25) is 4.79 Å². The van der Waals surface area contributed by atoms with Crippen LogP contribution in [0.15, 0.2) is 18.2 Å². The summed E-state index contributed by atoms with van der Waals surface area (Å²) in [6.45, 7) is 1.32. The molecule has 0 spiro atoms. The van der Waals surface area contributed by atoms with Gasteiger partial charge in [-0.1, -0.05) is 0 Å². The average Bonchev–Trinajstić information content (AvgIpc) is 2.03. The van der Waals surface area contributed by atoms with Crippen LogP contribution >= 0.6 is 0 Å². The molecule has 0 saturated heterocycles. The summed E-state index contributed by atoms with van der Waals surface area (Å²) in [5.74, 6) is -0.409. The van der Waals surface area contributed by atoms with E-state index in [9.17, 15) is 9.18 Å². The third kappa shape index (κ3) is 1.61. The van der Waals surface area contributed by atoms with Gasteiger partial charge in [-0.25, -0.2) is 4.39 Å². The SMILES string of the molecule is [CH2-][OH+]c1ccc(C(C)=O)c(F)c1. The summed E-state index contributed by atoms with van der Waals surface area (Å²) in [5.41, 5.74) is 0.0856. The first kappa shape index (κ1) is 8.71. The predicted molar refractivity (Wildman–Crippen MR) is 43.4 cm³/mol. The summed E-state index contributed by atoms with van der Waals surface area (Å²) in [5, 5.41) is 0. The maximum Gasteiger partial charge on any atom is 0.228 e. The Morgan fingerprint density at radius 3 is 2.67 bits per heavy atom. The molecule has 0 aliphatic carbocycles. The van der Waals surface area contributed by atoms with Crippen LogP contribution in [0.4, 0.5) is 4.39 Å². The number of carbonyl (C=O) groups is 1. The molecule has 0 heterocycles. The maximum absolute atomic E-state index is 13.0. The van der Waals surface area contributed by atoms with Gasteiger partial charge in [0.05, 0.1) is 11.6 Å². The monoisotopic (exact) mass is 168 g/mol. The highest BCUT2D eigenvalue weighted by atomic mass is 19.1. The second-order valence-corrected chi connectivity index (χ2v) is 2.38. The Kier molecular flexibility index (Phi) is 2.43. The van der Waals surface area contributed by atoms with E-state index in [2.05, 4.69) is 11.8 Å². The van der Waals surface area contributed by atoms with Crippen LogP contribution < -0.4 is 0 Å². The normalized spacial score (nSPS) is 9.58. The first-order valence-electron chi connectivity index (χ1n) is 3.42. The van der Waals surface area contributed by atoms with Crippen LogP contribution in [0.3, 0.4) is 0 Å². The molecule has 0 aliphatic rings. The number of Topliss-reactive ketones (excluding diaryl/α,β-unsaturated/α-hetero) is 1. The van der Waals surface area contributed by atoms with Crippen molar-refractivity contribution >= 4 is 5.78 Å². The number of benzene rings is 1. The molecule has 0 atom stereocenters. The lowest BCUT2D eigenvalue weighted by Crippen LogP contribution is -1.96. The summed E-state index contributed by atoms with van der Waals surface area (Å²) >= 11 is 0. The maximum atomic E-state index is 13.0. The highest BCUT2D eigenvalue weighted by molar-refractivity contribution is 5.94. The van der Waals surface area contributed by atoms with E-state index < -0.39 is 5.82 Å². The molecule has 0 saturated carbocycles. The van der Waals surface area contributed by atoms with E-state index in [-0.39, 0.29) is 11.3 Å². The molecule has 1 aromatic carbocycles. The third-order valence-electron chi connectivity index (χ3n) is 1.51. The zero-order valence-electron chi connectivity index (χ0n) is 6.67. The second-order valence-electron chi connectivity index (χ2n) is 2.38. The van der Waals surface area contributed by atoms with Gasteiger partial charge in [0.1, 0.15) is 5.82 Å². The number of ether oxygens (including phenoxy) is 1. The number of carbonyl (C=O) groups excluding carboxylic acids is 1. The van der Waals surface area contributed by atoms with Crippen LogP contribution in [0.25, 0.3) is 0 Å². The zero-order chi connectivity index (χ0) is 9.14. The number of hydrogen-bond donors (Lipinski definition) is 0. The van der Waals surface area contributed by atoms with Gasteiger partial charge < -0.3 is 4.74 Å². The lowest BCUT2D eigenvalue weighted by molar-refractivity contribution is 0.101. The van der Waals surface area contributed by atoms with Crippen LogP contribution in [0.5, 0.6) is 5.75 Å². The molecular formula is C9H9FO2. The van der Waals surface area contributed by atoms with E-state index >= 15 is 0 Å². The number of ketones is 1. The number of halogens is 1. The van der Waals surface area contributed by atoms with Crippen LogP contribution in [0, 0.1) is 12.9 Å². The minimum absolute atomic E-state index is 0.0856. The summed E-state index contributed by atoms with van der Waals surface area (Å²) in [6.07, 6.45) is 0. The van der Waals surface area contributed by atoms with Gasteiger partial charge in [0.25, 0.3) is 0 Å². The van der Waals surface area contributed by atoms with Gasteiger partial charge in [0.2, 0.25) is 5.75 Å². The zero-order valence-corrected chi connectivity index (χ0v) is 6.67. The van der Waals surface area contributed by atoms with Crippen molar-refractivity contribution in [2.45, 2.75) is 6.92 Å². The molecular weight excluding hydrogens is 159 g/mol. The molecule has 0 unspecified atom stereocenters. The van der Waals surface area contributed by atoms with Crippen LogP contribution in [-0.2, 0) is 0 Å². The number of aromatic hydroxyl groups is 1. The van der Waals surface area contributed by atoms with Crippen molar-refractivity contribution in [1.82, 2.24) is 0 Å². The Labute approximate surface area is 70.0 Å². The largest absolute Gasteiger partial charge is 0.722 e. The van der Waals surface area contributed by atoms with E-state index in [0.29, 0.717) is 5.75 Å². The number of hydrogen-bond acceptors (Lipinski definition) is 1. The smallest absolute Gasteiger partial charge is 0.228 e. The standard InChI is InChI=1S/C9H9FO2/c1-6(11)8-4-3-7(12-2)5-9(8)10/h3-5,12H,2H2,1H3. The summed E-state index contributed by atoms with van der Waals surface area (Å²) < 4.78 is 16.5. The van der Waals surface area contributed by atoms with E-state index in [4.69, 9.17) is 0 Å². The Balaban J connectivity index is 3.12. The van der Waals surface area contributed by atoms with Crippen molar-refractivity contribution in [3.05, 3.63) is 36.7 Å². The molecule has 1 N–H and O–H groups in total. The van der Waals surface area contributed by atoms with E-state index in [1.165, 1.54) is 19.1 Å². The summed E-state index contributed by atoms with van der Waals surface area (Å²) in [7, 11) is 3.24. The molecule has 0 amide bonds. The molecule has 1 rings (SSSR count). The first-order valence-corrected chi connectivity index (χ1v) is 3.42. The minimum atomic E-state index is -0.549. The highest BCUT2D eigenvalue weighted by Crippen LogP contribution is 2.17. The molecule has 12 heavy (non-hydrogen) atoms. The minimum Gasteiger partial charge on any atom is -0.722 e. The van der Waals surface area contributed by atoms with Crippen LogP contribution in [0.1, 0.15) is 17.3 Å². The van der Waals surface area contributed by atoms with Crippen LogP contribution in [-0.4, -0.2) is 10.5 Å². The van der Waals surface area contributed by atoms with Crippen LogP contribution in [0.2, 0.25) is 0 Å². The Hall–Kier alpha value is -1.38. The Morgan fingerprint density at radius 1 is 1.58 bits per heavy atom. The van der Waals surface area contributed by atoms with Crippen molar-refractivity contribution in [2.75, 3.05) is 0 Å². The van der Waals surface area contributed by atoms with Gasteiger partial charge in [-0.2, -0.15) is 0 Å². The fraction of sp³-hybridized carbons (Fsp3) is 0.111. The fourth-order valence-electron chi connectivity index (χ4n) is 0.888. The highest BCUT2D eigenvalue weighted by Gasteiger charge is 2.08. The van der Waals surface area contributed by atoms with E-state index in [1.54, 1.807) is 6.07 Å². The lowest BCUT2D eigenvalue weighted by Gasteiger charge is -2.03. The summed E-state index contributed by atoms with van der Waals surface area (Å²) in [6, 6.07) is 4.14. The Bertz CT molecular complexity index is 307. The van der Waals surface area contributed by atoms with Crippen molar-refractivity contribution in [3.8, 4) is 5.75 Å². The number of aliphatic hydroxyl groups is 1. The molecule has 3 heteroatoms. The van der Waals surface area contributed by atoms with Crippen molar-refractivity contribution in [1.29, 1.82) is 0 Å². The van der Waals surface area contributed by atoms with Crippen molar-refractivity contribution < 1.29 is 13.9 Å². The molecule has 0 bridgehead atoms. The summed E-state index contributed by atoms with van der Waals surface area (Å²) in [4.78, 5) is 10.8. The van der Waals surface area contributed by atoms with Gasteiger partial charge in [0.15, 0.2) is 5.78 Å². The van der Waals surface area contributed by atoms with Gasteiger partial charge in [-0.05, 0) is 20.1 Å². The molecule has 0 aromatic heterocycles. The van der Waals surface area contributed by atoms with Gasteiger partial charge in [0, 0.05) is 6.07 Å². The molecule has 0 radical (unpaired) electrons. The van der Waals surface area contributed by atoms with E-state index in [0.717, 1.165) is 0 Å². The Morgan fingerprint density at radius 2 is 2.25 bits per heavy atom. The lowest BCUT2D eigenvalue weighted by atomic mass is 10.1.